The minimum Gasteiger partial charge on any atom is -0.494 e. The van der Waals surface area contributed by atoms with Crippen LogP contribution in [0, 0.1) is 23.7 Å². The van der Waals surface area contributed by atoms with Gasteiger partial charge in [-0.15, -0.1) is 0 Å². The van der Waals surface area contributed by atoms with Crippen LogP contribution < -0.4 is 4.74 Å². The van der Waals surface area contributed by atoms with Crippen molar-refractivity contribution in [1.29, 1.82) is 0 Å². The van der Waals surface area contributed by atoms with Crippen LogP contribution in [0.15, 0.2) is 60.7 Å². The molecule has 0 heterocycles. The Labute approximate surface area is 177 Å². The molecule has 0 saturated heterocycles. The van der Waals surface area contributed by atoms with E-state index in [1.165, 1.54) is 37.7 Å². The Morgan fingerprint density at radius 3 is 1.86 bits per heavy atom. The van der Waals surface area contributed by atoms with Crippen LogP contribution >= 0.6 is 0 Å². The molecule has 0 aliphatic carbocycles. The van der Waals surface area contributed by atoms with Crippen LogP contribution in [0.4, 0.5) is 0 Å². The number of hydrogen-bond acceptors (Lipinski definition) is 1. The van der Waals surface area contributed by atoms with Gasteiger partial charge in [-0.1, -0.05) is 75.3 Å². The summed E-state index contributed by atoms with van der Waals surface area (Å²) in [7, 11) is 0. The molecule has 2 aromatic rings. The Hall–Kier alpha value is -2.90. The van der Waals surface area contributed by atoms with E-state index in [-0.39, 0.29) is 0 Å². The summed E-state index contributed by atoms with van der Waals surface area (Å²) < 4.78 is 5.75. The van der Waals surface area contributed by atoms with E-state index in [0.717, 1.165) is 36.3 Å². The molecule has 1 heteroatoms. The Kier molecular flexibility index (Phi) is 10.9. The van der Waals surface area contributed by atoms with E-state index < -0.39 is 0 Å². The second-order valence-corrected chi connectivity index (χ2v) is 7.11. The first-order valence-corrected chi connectivity index (χ1v) is 10.8. The average molecular weight is 385 g/mol. The van der Waals surface area contributed by atoms with Gasteiger partial charge >= 0.3 is 0 Å². The lowest BCUT2D eigenvalue weighted by atomic mass is 10.1. The van der Waals surface area contributed by atoms with Crippen LogP contribution in [0.5, 0.6) is 5.75 Å². The molecule has 2 rings (SSSR count). The van der Waals surface area contributed by atoms with Gasteiger partial charge in [-0.2, -0.15) is 0 Å². The minimum atomic E-state index is 0.786. The largest absolute Gasteiger partial charge is 0.494 e. The number of rotatable bonds is 9. The van der Waals surface area contributed by atoms with Crippen LogP contribution in [0.1, 0.15) is 69.1 Å². The number of allylic oxidation sites excluding steroid dienone is 2. The van der Waals surface area contributed by atoms with E-state index in [9.17, 15) is 0 Å². The van der Waals surface area contributed by atoms with Gasteiger partial charge in [0.1, 0.15) is 5.75 Å². The summed E-state index contributed by atoms with van der Waals surface area (Å²) in [5.41, 5.74) is 3.39. The highest BCUT2D eigenvalue weighted by Gasteiger charge is 1.94. The highest BCUT2D eigenvalue weighted by Crippen LogP contribution is 2.12. The van der Waals surface area contributed by atoms with Crippen molar-refractivity contribution in [3.05, 3.63) is 77.4 Å². The number of benzene rings is 2. The van der Waals surface area contributed by atoms with Gasteiger partial charge < -0.3 is 4.74 Å². The molecule has 0 saturated carbocycles. The van der Waals surface area contributed by atoms with Crippen LogP contribution in [0.25, 0.3) is 0 Å². The summed E-state index contributed by atoms with van der Waals surface area (Å²) >= 11 is 0. The van der Waals surface area contributed by atoms with Gasteiger partial charge in [0.25, 0.3) is 0 Å². The van der Waals surface area contributed by atoms with E-state index in [1.807, 2.05) is 24.3 Å². The standard InChI is InChI=1S/C28H32O/c1-3-5-7-12-24-29-28-22-20-27(21-23-28)15-11-9-8-10-14-26-18-16-25(17-19-26)13-6-4-2/h8-9,16-23H,3-7,12-13,24H2,1-2H3. The molecule has 0 unspecified atom stereocenters. The Bertz CT molecular complexity index is 849. The normalized spacial score (nSPS) is 10.1. The first kappa shape index (κ1) is 22.4. The molecule has 0 atom stereocenters. The van der Waals surface area contributed by atoms with Crippen LogP contribution in [-0.4, -0.2) is 6.61 Å². The minimum absolute atomic E-state index is 0.786. The zero-order valence-corrected chi connectivity index (χ0v) is 17.8. The SMILES string of the molecule is CCCCCCOc1ccc(C#CC=CC#Cc2ccc(CCCC)cc2)cc1. The quantitative estimate of drug-likeness (QED) is 0.336. The first-order valence-electron chi connectivity index (χ1n) is 10.8. The zero-order chi connectivity index (χ0) is 20.6. The number of aryl methyl sites for hydroxylation is 1. The molecule has 0 aromatic heterocycles. The van der Waals surface area contributed by atoms with Crippen molar-refractivity contribution in [3.8, 4) is 29.4 Å². The van der Waals surface area contributed by atoms with Crippen molar-refractivity contribution in [2.75, 3.05) is 6.61 Å². The molecule has 0 radical (unpaired) electrons. The van der Waals surface area contributed by atoms with E-state index in [2.05, 4.69) is 61.8 Å². The zero-order valence-electron chi connectivity index (χ0n) is 17.8. The molecule has 0 aliphatic heterocycles. The monoisotopic (exact) mass is 384 g/mol. The molecule has 2 aromatic carbocycles. The fourth-order valence-corrected chi connectivity index (χ4v) is 2.82. The Morgan fingerprint density at radius 2 is 1.28 bits per heavy atom. The maximum Gasteiger partial charge on any atom is 0.119 e. The van der Waals surface area contributed by atoms with E-state index in [1.54, 1.807) is 12.2 Å². The molecule has 150 valence electrons. The van der Waals surface area contributed by atoms with Gasteiger partial charge in [0, 0.05) is 11.1 Å². The summed E-state index contributed by atoms with van der Waals surface area (Å²) in [4.78, 5) is 0. The van der Waals surface area contributed by atoms with Gasteiger partial charge in [0.2, 0.25) is 0 Å². The molecule has 1 nitrogen and oxygen atoms in total. The molecular formula is C28H32O. The summed E-state index contributed by atoms with van der Waals surface area (Å²) in [6, 6.07) is 16.5. The molecule has 29 heavy (non-hydrogen) atoms. The smallest absolute Gasteiger partial charge is 0.119 e. The summed E-state index contributed by atoms with van der Waals surface area (Å²) in [5.74, 6) is 13.3. The highest BCUT2D eigenvalue weighted by molar-refractivity contribution is 5.42. The van der Waals surface area contributed by atoms with Crippen molar-refractivity contribution in [2.24, 2.45) is 0 Å². The maximum absolute atomic E-state index is 5.75. The summed E-state index contributed by atoms with van der Waals surface area (Å²) in [6.45, 7) is 5.22. The highest BCUT2D eigenvalue weighted by atomic mass is 16.5. The molecule has 0 N–H and O–H groups in total. The van der Waals surface area contributed by atoms with Crippen LogP contribution in [-0.2, 0) is 6.42 Å². The number of unbranched alkanes of at least 4 members (excludes halogenated alkanes) is 4. The van der Waals surface area contributed by atoms with Crippen LogP contribution in [0.2, 0.25) is 0 Å². The number of ether oxygens (including phenoxy) is 1. The summed E-state index contributed by atoms with van der Waals surface area (Å²) in [5, 5.41) is 0. The third-order valence-corrected chi connectivity index (χ3v) is 4.58. The van der Waals surface area contributed by atoms with Crippen molar-refractivity contribution in [1.82, 2.24) is 0 Å². The topological polar surface area (TPSA) is 9.23 Å². The third-order valence-electron chi connectivity index (χ3n) is 4.58. The Balaban J connectivity index is 1.76. The molecule has 0 aliphatic rings. The van der Waals surface area contributed by atoms with Gasteiger partial charge in [0.05, 0.1) is 6.61 Å². The average Bonchev–Trinajstić information content (AvgIpc) is 2.76. The van der Waals surface area contributed by atoms with Crippen molar-refractivity contribution in [2.45, 2.75) is 58.8 Å². The Morgan fingerprint density at radius 1 is 0.690 bits per heavy atom. The van der Waals surface area contributed by atoms with Crippen LogP contribution in [0.3, 0.4) is 0 Å². The second-order valence-electron chi connectivity index (χ2n) is 7.11. The molecule has 0 fully saturated rings. The van der Waals surface area contributed by atoms with Crippen molar-refractivity contribution < 1.29 is 4.74 Å². The molecule has 0 amide bonds. The predicted molar refractivity (Wildman–Crippen MR) is 124 cm³/mol. The van der Waals surface area contributed by atoms with E-state index in [0.29, 0.717) is 0 Å². The molecular weight excluding hydrogens is 352 g/mol. The van der Waals surface area contributed by atoms with E-state index >= 15 is 0 Å². The molecule has 0 spiro atoms. The second kappa shape index (κ2) is 14.1. The summed E-state index contributed by atoms with van der Waals surface area (Å²) in [6.07, 6.45) is 12.1. The lowest BCUT2D eigenvalue weighted by molar-refractivity contribution is 0.305. The van der Waals surface area contributed by atoms with Gasteiger partial charge in [-0.25, -0.2) is 0 Å². The molecule has 0 bridgehead atoms. The number of hydrogen-bond donors (Lipinski definition) is 0. The fourth-order valence-electron chi connectivity index (χ4n) is 2.82. The van der Waals surface area contributed by atoms with Gasteiger partial charge in [0.15, 0.2) is 0 Å². The van der Waals surface area contributed by atoms with Gasteiger partial charge in [-0.05, 0) is 73.4 Å². The third kappa shape index (κ3) is 9.73. The van der Waals surface area contributed by atoms with E-state index in [4.69, 9.17) is 4.74 Å². The maximum atomic E-state index is 5.75. The first-order chi connectivity index (χ1) is 14.3. The predicted octanol–water partition coefficient (Wildman–Crippen LogP) is 6.95. The fraction of sp³-hybridized carbons (Fsp3) is 0.357. The van der Waals surface area contributed by atoms with Crippen molar-refractivity contribution >= 4 is 0 Å². The lowest BCUT2D eigenvalue weighted by Crippen LogP contribution is -1.96. The van der Waals surface area contributed by atoms with Gasteiger partial charge in [-0.3, -0.25) is 0 Å². The lowest BCUT2D eigenvalue weighted by Gasteiger charge is -2.05. The van der Waals surface area contributed by atoms with Crippen molar-refractivity contribution in [3.63, 3.8) is 0 Å².